The second-order valence-electron chi connectivity index (χ2n) is 10.4. The Bertz CT molecular complexity index is 941. The molecule has 1 saturated carbocycles. The summed E-state index contributed by atoms with van der Waals surface area (Å²) in [5.41, 5.74) is 2.14. The lowest BCUT2D eigenvalue weighted by Gasteiger charge is -2.40. The summed E-state index contributed by atoms with van der Waals surface area (Å²) in [5, 5.41) is 1.11. The summed E-state index contributed by atoms with van der Waals surface area (Å²) in [4.78, 5) is 9.76. The number of hydrogen-bond donors (Lipinski definition) is 0. The molecule has 0 bridgehead atoms. The molecule has 1 unspecified atom stereocenters. The largest absolute Gasteiger partial charge is 0.497 e. The molecule has 3 aliphatic rings. The Labute approximate surface area is 204 Å². The molecule has 6 heteroatoms. The standard InChI is InChI=1S/C28H41N3O3/c1-32-23-8-9-25-24(18-23)28-26(19-29-25)34-17-16-31(28)15-12-22-11-14-30(20-27(22)33-2)13-10-21-6-4-3-5-7-21/h8-9,18-19,21-22,27H,3-7,10-17,20H2,1-2H3/t22-,27?/m1/s1. The van der Waals surface area contributed by atoms with Crippen LogP contribution in [0.15, 0.2) is 24.4 Å². The third-order valence-corrected chi connectivity index (χ3v) is 8.38. The summed E-state index contributed by atoms with van der Waals surface area (Å²) in [5.74, 6) is 3.29. The SMILES string of the molecule is COc1ccc2ncc3c(c2c1)N(CC[C@H]1CCN(CCC2CCCCC2)CC1OC)CCO3. The van der Waals surface area contributed by atoms with Crippen LogP contribution in [0.1, 0.15) is 51.4 Å². The van der Waals surface area contributed by atoms with Crippen molar-refractivity contribution in [1.82, 2.24) is 9.88 Å². The summed E-state index contributed by atoms with van der Waals surface area (Å²) >= 11 is 0. The predicted octanol–water partition coefficient (Wildman–Crippen LogP) is 5.14. The fourth-order valence-electron chi connectivity index (χ4n) is 6.29. The van der Waals surface area contributed by atoms with Gasteiger partial charge in [-0.15, -0.1) is 0 Å². The van der Waals surface area contributed by atoms with E-state index in [0.717, 1.165) is 60.1 Å². The highest BCUT2D eigenvalue weighted by Crippen LogP contribution is 2.39. The molecule has 1 aliphatic carbocycles. The summed E-state index contributed by atoms with van der Waals surface area (Å²) in [6.45, 7) is 6.16. The van der Waals surface area contributed by atoms with E-state index in [9.17, 15) is 0 Å². The Morgan fingerprint density at radius 3 is 2.74 bits per heavy atom. The van der Waals surface area contributed by atoms with Gasteiger partial charge in [0.1, 0.15) is 12.4 Å². The molecule has 2 aromatic rings. The molecule has 1 aromatic heterocycles. The maximum Gasteiger partial charge on any atom is 0.161 e. The highest BCUT2D eigenvalue weighted by molar-refractivity contribution is 5.96. The van der Waals surface area contributed by atoms with Crippen molar-refractivity contribution in [3.8, 4) is 11.5 Å². The number of anilines is 1. The summed E-state index contributed by atoms with van der Waals surface area (Å²) in [6, 6.07) is 6.10. The lowest BCUT2D eigenvalue weighted by molar-refractivity contribution is -0.0150. The first-order valence-corrected chi connectivity index (χ1v) is 13.3. The van der Waals surface area contributed by atoms with E-state index in [2.05, 4.69) is 20.9 Å². The molecule has 2 aliphatic heterocycles. The maximum atomic E-state index is 6.02. The van der Waals surface area contributed by atoms with Gasteiger partial charge in [-0.3, -0.25) is 4.98 Å². The van der Waals surface area contributed by atoms with Crippen molar-refractivity contribution in [2.75, 3.05) is 58.5 Å². The smallest absolute Gasteiger partial charge is 0.161 e. The van der Waals surface area contributed by atoms with Crippen LogP contribution >= 0.6 is 0 Å². The number of benzene rings is 1. The number of rotatable bonds is 8. The first-order chi connectivity index (χ1) is 16.7. The molecular weight excluding hydrogens is 426 g/mol. The number of piperidine rings is 1. The minimum Gasteiger partial charge on any atom is -0.497 e. The van der Waals surface area contributed by atoms with Crippen molar-refractivity contribution in [2.45, 2.75) is 57.5 Å². The minimum absolute atomic E-state index is 0.329. The van der Waals surface area contributed by atoms with Crippen molar-refractivity contribution in [3.05, 3.63) is 24.4 Å². The molecule has 34 heavy (non-hydrogen) atoms. The second kappa shape index (κ2) is 11.1. The van der Waals surface area contributed by atoms with E-state index in [-0.39, 0.29) is 0 Å². The molecule has 5 rings (SSSR count). The normalized spacial score (nSPS) is 24.1. The highest BCUT2D eigenvalue weighted by Gasteiger charge is 2.31. The van der Waals surface area contributed by atoms with Crippen LogP contribution in [0.25, 0.3) is 10.9 Å². The molecule has 2 fully saturated rings. The lowest BCUT2D eigenvalue weighted by Crippen LogP contribution is -2.46. The Morgan fingerprint density at radius 2 is 1.91 bits per heavy atom. The average molecular weight is 468 g/mol. The zero-order valence-electron chi connectivity index (χ0n) is 21.0. The van der Waals surface area contributed by atoms with Crippen molar-refractivity contribution >= 4 is 16.6 Å². The zero-order chi connectivity index (χ0) is 23.3. The van der Waals surface area contributed by atoms with Gasteiger partial charge in [0.25, 0.3) is 0 Å². The molecule has 186 valence electrons. The number of pyridine rings is 1. The number of likely N-dealkylation sites (tertiary alicyclic amines) is 1. The Morgan fingerprint density at radius 1 is 1.03 bits per heavy atom. The number of hydrogen-bond acceptors (Lipinski definition) is 6. The van der Waals surface area contributed by atoms with Crippen LogP contribution in [-0.4, -0.2) is 69.5 Å². The van der Waals surface area contributed by atoms with Crippen LogP contribution in [0.5, 0.6) is 11.5 Å². The van der Waals surface area contributed by atoms with Crippen molar-refractivity contribution in [2.24, 2.45) is 11.8 Å². The summed E-state index contributed by atoms with van der Waals surface area (Å²) in [7, 11) is 3.61. The van der Waals surface area contributed by atoms with Gasteiger partial charge in [-0.1, -0.05) is 32.1 Å². The van der Waals surface area contributed by atoms with E-state index in [1.165, 1.54) is 58.0 Å². The Hall–Kier alpha value is -2.05. The highest BCUT2D eigenvalue weighted by atomic mass is 16.5. The number of aromatic nitrogens is 1. The summed E-state index contributed by atoms with van der Waals surface area (Å²) < 4.78 is 17.5. The van der Waals surface area contributed by atoms with Gasteiger partial charge in [0.05, 0.1) is 37.2 Å². The van der Waals surface area contributed by atoms with Crippen LogP contribution in [0.3, 0.4) is 0 Å². The minimum atomic E-state index is 0.329. The number of methoxy groups -OCH3 is 2. The molecular formula is C28H41N3O3. The molecule has 3 heterocycles. The first-order valence-electron chi connectivity index (χ1n) is 13.3. The summed E-state index contributed by atoms with van der Waals surface area (Å²) in [6.07, 6.45) is 13.2. The van der Waals surface area contributed by atoms with Gasteiger partial charge < -0.3 is 24.0 Å². The monoisotopic (exact) mass is 467 g/mol. The van der Waals surface area contributed by atoms with Gasteiger partial charge >= 0.3 is 0 Å². The molecule has 1 saturated heterocycles. The Balaban J connectivity index is 1.21. The van der Waals surface area contributed by atoms with E-state index in [1.54, 1.807) is 7.11 Å². The third kappa shape index (κ3) is 5.28. The van der Waals surface area contributed by atoms with Crippen molar-refractivity contribution in [1.29, 1.82) is 0 Å². The molecule has 0 amide bonds. The van der Waals surface area contributed by atoms with Crippen molar-refractivity contribution < 1.29 is 14.2 Å². The van der Waals surface area contributed by atoms with E-state index in [1.807, 2.05) is 25.4 Å². The van der Waals surface area contributed by atoms with Gasteiger partial charge in [-0.25, -0.2) is 0 Å². The molecule has 0 spiro atoms. The van der Waals surface area contributed by atoms with Gasteiger partial charge in [0.15, 0.2) is 5.75 Å². The van der Waals surface area contributed by atoms with Crippen LogP contribution in [0, 0.1) is 11.8 Å². The van der Waals surface area contributed by atoms with E-state index in [0.29, 0.717) is 18.6 Å². The third-order valence-electron chi connectivity index (χ3n) is 8.38. The van der Waals surface area contributed by atoms with Crippen LogP contribution in [-0.2, 0) is 4.74 Å². The first kappa shape index (κ1) is 23.7. The molecule has 0 radical (unpaired) electrons. The lowest BCUT2D eigenvalue weighted by atomic mass is 9.86. The molecule has 2 atom stereocenters. The van der Waals surface area contributed by atoms with E-state index < -0.39 is 0 Å². The quantitative estimate of drug-likeness (QED) is 0.536. The van der Waals surface area contributed by atoms with Gasteiger partial charge in [0.2, 0.25) is 0 Å². The van der Waals surface area contributed by atoms with Crippen molar-refractivity contribution in [3.63, 3.8) is 0 Å². The van der Waals surface area contributed by atoms with E-state index >= 15 is 0 Å². The molecule has 6 nitrogen and oxygen atoms in total. The average Bonchev–Trinajstić information content (AvgIpc) is 2.90. The van der Waals surface area contributed by atoms with Gasteiger partial charge in [0, 0.05) is 25.6 Å². The van der Waals surface area contributed by atoms with Gasteiger partial charge in [-0.05, 0) is 62.4 Å². The zero-order valence-corrected chi connectivity index (χ0v) is 21.0. The predicted molar refractivity (Wildman–Crippen MR) is 137 cm³/mol. The molecule has 0 N–H and O–H groups in total. The number of fused-ring (bicyclic) bond motifs is 3. The topological polar surface area (TPSA) is 47.1 Å². The fourth-order valence-corrected chi connectivity index (χ4v) is 6.29. The fraction of sp³-hybridized carbons (Fsp3) is 0.679. The number of nitrogens with zero attached hydrogens (tertiary/aromatic N) is 3. The Kier molecular flexibility index (Phi) is 7.75. The van der Waals surface area contributed by atoms with Crippen LogP contribution in [0.2, 0.25) is 0 Å². The second-order valence-corrected chi connectivity index (χ2v) is 10.4. The van der Waals surface area contributed by atoms with Gasteiger partial charge in [-0.2, -0.15) is 0 Å². The number of ether oxygens (including phenoxy) is 3. The molecule has 1 aromatic carbocycles. The van der Waals surface area contributed by atoms with E-state index in [4.69, 9.17) is 14.2 Å². The maximum absolute atomic E-state index is 6.02. The van der Waals surface area contributed by atoms with Crippen LogP contribution < -0.4 is 14.4 Å². The van der Waals surface area contributed by atoms with Crippen LogP contribution in [0.4, 0.5) is 5.69 Å².